The van der Waals surface area contributed by atoms with Crippen molar-refractivity contribution in [2.24, 2.45) is 11.8 Å². The zero-order valence-electron chi connectivity index (χ0n) is 19.5. The predicted octanol–water partition coefficient (Wildman–Crippen LogP) is 4.31. The van der Waals surface area contributed by atoms with Crippen LogP contribution in [0.15, 0.2) is 48.5 Å². The normalized spacial score (nSPS) is 19.7. The molecule has 2 aromatic rings. The van der Waals surface area contributed by atoms with Crippen LogP contribution >= 0.6 is 0 Å². The lowest BCUT2D eigenvalue weighted by Gasteiger charge is -2.22. The zero-order chi connectivity index (χ0) is 24.1. The number of carbonyl (C=O) groups excluding carboxylic acids is 2. The molecule has 2 aromatic carbocycles. The minimum absolute atomic E-state index is 0.00493. The van der Waals surface area contributed by atoms with Crippen molar-refractivity contribution in [1.29, 1.82) is 0 Å². The van der Waals surface area contributed by atoms with Crippen LogP contribution in [0.5, 0.6) is 0 Å². The van der Waals surface area contributed by atoms with E-state index in [9.17, 15) is 19.5 Å². The maximum absolute atomic E-state index is 12.7. The Balaban J connectivity index is 1.30. The van der Waals surface area contributed by atoms with Crippen LogP contribution in [0.1, 0.15) is 56.1 Å². The maximum atomic E-state index is 12.7. The number of carboxylic acid groups (broad SMARTS) is 1. The van der Waals surface area contributed by atoms with Crippen LogP contribution in [-0.4, -0.2) is 42.3 Å². The van der Waals surface area contributed by atoms with Crippen LogP contribution in [0.2, 0.25) is 0 Å². The minimum atomic E-state index is -1.01. The summed E-state index contributed by atoms with van der Waals surface area (Å²) in [4.78, 5) is 36.6. The van der Waals surface area contributed by atoms with Gasteiger partial charge >= 0.3 is 12.1 Å². The summed E-state index contributed by atoms with van der Waals surface area (Å²) >= 11 is 0. The number of fused-ring (bicyclic) bond motifs is 3. The number of carbonyl (C=O) groups is 3. The second-order valence-corrected chi connectivity index (χ2v) is 9.19. The third-order valence-electron chi connectivity index (χ3n) is 7.04. The van der Waals surface area contributed by atoms with E-state index >= 15 is 0 Å². The number of alkyl carbamates (subject to hydrolysis) is 1. The van der Waals surface area contributed by atoms with E-state index in [4.69, 9.17) is 4.74 Å². The van der Waals surface area contributed by atoms with E-state index in [2.05, 4.69) is 34.9 Å². The van der Waals surface area contributed by atoms with Gasteiger partial charge in [-0.15, -0.1) is 0 Å². The third kappa shape index (κ3) is 5.08. The van der Waals surface area contributed by atoms with Gasteiger partial charge < -0.3 is 20.5 Å². The summed E-state index contributed by atoms with van der Waals surface area (Å²) in [6.45, 7) is 2.46. The van der Waals surface area contributed by atoms with Crippen molar-refractivity contribution < 1.29 is 24.2 Å². The fourth-order valence-electron chi connectivity index (χ4n) is 5.32. The molecule has 7 heteroatoms. The first-order valence-corrected chi connectivity index (χ1v) is 12.1. The lowest BCUT2D eigenvalue weighted by Crippen LogP contribution is -2.45. The summed E-state index contributed by atoms with van der Waals surface area (Å²) in [5, 5.41) is 14.8. The van der Waals surface area contributed by atoms with Crippen LogP contribution in [-0.2, 0) is 14.3 Å². The van der Waals surface area contributed by atoms with Crippen molar-refractivity contribution in [1.82, 2.24) is 10.6 Å². The Labute approximate surface area is 199 Å². The molecule has 0 radical (unpaired) electrons. The summed E-state index contributed by atoms with van der Waals surface area (Å²) in [5.74, 6) is -1.59. The maximum Gasteiger partial charge on any atom is 0.407 e. The average molecular weight is 465 g/mol. The van der Waals surface area contributed by atoms with E-state index in [-0.39, 0.29) is 30.3 Å². The SMILES string of the molecule is CCCC(NC(=O)C1CCCC1CNC(=O)OCC1c2ccccc2-c2ccccc21)C(=O)O. The number of benzene rings is 2. The van der Waals surface area contributed by atoms with Crippen molar-refractivity contribution in [3.63, 3.8) is 0 Å². The Morgan fingerprint density at radius 1 is 1.03 bits per heavy atom. The van der Waals surface area contributed by atoms with Gasteiger partial charge in [0, 0.05) is 18.4 Å². The highest BCUT2D eigenvalue weighted by Gasteiger charge is 2.35. The number of carboxylic acids is 1. The Hall–Kier alpha value is -3.35. The molecule has 0 aliphatic heterocycles. The molecule has 0 saturated heterocycles. The van der Waals surface area contributed by atoms with E-state index in [1.165, 1.54) is 11.1 Å². The van der Waals surface area contributed by atoms with E-state index in [0.29, 0.717) is 25.8 Å². The number of ether oxygens (including phenoxy) is 1. The van der Waals surface area contributed by atoms with Crippen molar-refractivity contribution >= 4 is 18.0 Å². The van der Waals surface area contributed by atoms with Crippen molar-refractivity contribution in [3.8, 4) is 11.1 Å². The van der Waals surface area contributed by atoms with Gasteiger partial charge in [0.05, 0.1) is 0 Å². The molecule has 1 saturated carbocycles. The summed E-state index contributed by atoms with van der Waals surface area (Å²) in [5.41, 5.74) is 4.66. The molecule has 2 aliphatic carbocycles. The summed E-state index contributed by atoms with van der Waals surface area (Å²) in [7, 11) is 0. The first kappa shape index (κ1) is 23.8. The standard InChI is InChI=1S/C27H32N2O5/c1-2-8-24(26(31)32)29-25(30)18-14-7-9-17(18)15-28-27(33)34-16-23-21-12-5-3-10-19(21)20-11-4-6-13-22(20)23/h3-6,10-13,17-18,23-24H,2,7-9,14-16H2,1H3,(H,28,33)(H,29,30)(H,31,32). The Morgan fingerprint density at radius 3 is 2.29 bits per heavy atom. The van der Waals surface area contributed by atoms with Gasteiger partial charge in [-0.2, -0.15) is 0 Å². The molecule has 0 heterocycles. The fourth-order valence-corrected chi connectivity index (χ4v) is 5.32. The summed E-state index contributed by atoms with van der Waals surface area (Å²) in [6, 6.07) is 15.5. The highest BCUT2D eigenvalue weighted by atomic mass is 16.5. The predicted molar refractivity (Wildman–Crippen MR) is 128 cm³/mol. The van der Waals surface area contributed by atoms with E-state index < -0.39 is 18.1 Å². The molecule has 7 nitrogen and oxygen atoms in total. The van der Waals surface area contributed by atoms with Crippen LogP contribution in [0.4, 0.5) is 4.79 Å². The molecule has 2 amide bonds. The topological polar surface area (TPSA) is 105 Å². The zero-order valence-corrected chi connectivity index (χ0v) is 19.5. The molecule has 0 spiro atoms. The van der Waals surface area contributed by atoms with Crippen LogP contribution in [0.3, 0.4) is 0 Å². The quantitative estimate of drug-likeness (QED) is 0.513. The Morgan fingerprint density at radius 2 is 1.68 bits per heavy atom. The van der Waals surface area contributed by atoms with Gasteiger partial charge in [-0.1, -0.05) is 68.3 Å². The molecule has 3 unspecified atom stereocenters. The van der Waals surface area contributed by atoms with Crippen LogP contribution < -0.4 is 10.6 Å². The van der Waals surface area contributed by atoms with Gasteiger partial charge in [-0.25, -0.2) is 9.59 Å². The highest BCUT2D eigenvalue weighted by Crippen LogP contribution is 2.44. The molecule has 0 aromatic heterocycles. The van der Waals surface area contributed by atoms with Crippen molar-refractivity contribution in [3.05, 3.63) is 59.7 Å². The second kappa shape index (κ2) is 10.7. The number of hydrogen-bond acceptors (Lipinski definition) is 4. The molecule has 4 rings (SSSR count). The molecule has 1 fully saturated rings. The van der Waals surface area contributed by atoms with E-state index in [0.717, 1.165) is 24.0 Å². The second-order valence-electron chi connectivity index (χ2n) is 9.19. The third-order valence-corrected chi connectivity index (χ3v) is 7.04. The Bertz CT molecular complexity index is 1010. The van der Waals surface area contributed by atoms with Gasteiger partial charge in [0.15, 0.2) is 0 Å². The number of amides is 2. The fraction of sp³-hybridized carbons (Fsp3) is 0.444. The van der Waals surface area contributed by atoms with Gasteiger partial charge in [-0.05, 0) is 47.4 Å². The van der Waals surface area contributed by atoms with Crippen LogP contribution in [0.25, 0.3) is 11.1 Å². The molecule has 34 heavy (non-hydrogen) atoms. The number of rotatable bonds is 9. The van der Waals surface area contributed by atoms with Crippen molar-refractivity contribution in [2.45, 2.75) is 51.0 Å². The van der Waals surface area contributed by atoms with Gasteiger partial charge in [0.25, 0.3) is 0 Å². The molecule has 180 valence electrons. The average Bonchev–Trinajstić information content (AvgIpc) is 3.44. The lowest BCUT2D eigenvalue weighted by molar-refractivity contribution is -0.142. The van der Waals surface area contributed by atoms with Crippen molar-refractivity contribution in [2.75, 3.05) is 13.2 Å². The molecule has 2 aliphatic rings. The first-order valence-electron chi connectivity index (χ1n) is 12.1. The van der Waals surface area contributed by atoms with Gasteiger partial charge in [0.1, 0.15) is 12.6 Å². The molecule has 0 bridgehead atoms. The monoisotopic (exact) mass is 464 g/mol. The largest absolute Gasteiger partial charge is 0.480 e. The highest BCUT2D eigenvalue weighted by molar-refractivity contribution is 5.85. The molecular formula is C27H32N2O5. The number of aliphatic carboxylic acids is 1. The smallest absolute Gasteiger partial charge is 0.407 e. The molecule has 3 atom stereocenters. The Kier molecular flexibility index (Phi) is 7.50. The van der Waals surface area contributed by atoms with E-state index in [1.54, 1.807) is 0 Å². The lowest BCUT2D eigenvalue weighted by atomic mass is 9.94. The van der Waals surface area contributed by atoms with Crippen LogP contribution in [0, 0.1) is 11.8 Å². The number of hydrogen-bond donors (Lipinski definition) is 3. The van der Waals surface area contributed by atoms with Gasteiger partial charge in [0.2, 0.25) is 5.91 Å². The molecular weight excluding hydrogens is 432 g/mol. The van der Waals surface area contributed by atoms with E-state index in [1.807, 2.05) is 31.2 Å². The molecule has 3 N–H and O–H groups in total. The van der Waals surface area contributed by atoms with Gasteiger partial charge in [-0.3, -0.25) is 4.79 Å². The minimum Gasteiger partial charge on any atom is -0.480 e. The summed E-state index contributed by atoms with van der Waals surface area (Å²) < 4.78 is 5.59. The number of nitrogens with one attached hydrogen (secondary N) is 2. The summed E-state index contributed by atoms with van der Waals surface area (Å²) in [6.07, 6.45) is 2.96. The first-order chi connectivity index (χ1) is 16.5.